The largest absolute Gasteiger partial charge is 0.733 e. The Morgan fingerprint density at radius 1 is 1.37 bits per heavy atom. The van der Waals surface area contributed by atoms with Crippen LogP contribution in [0.3, 0.4) is 0 Å². The summed E-state index contributed by atoms with van der Waals surface area (Å²) < 4.78 is 6.78. The molecule has 0 amide bonds. The van der Waals surface area contributed by atoms with E-state index in [2.05, 4.69) is 0 Å². The van der Waals surface area contributed by atoms with Gasteiger partial charge in [0.25, 0.3) is 0 Å². The van der Waals surface area contributed by atoms with Gasteiger partial charge in [-0.05, 0) is 30.3 Å². The fourth-order valence-corrected chi connectivity index (χ4v) is 1.58. The first kappa shape index (κ1) is 12.9. The van der Waals surface area contributed by atoms with Crippen molar-refractivity contribution in [2.24, 2.45) is 0 Å². The third-order valence-electron chi connectivity index (χ3n) is 2.40. The third kappa shape index (κ3) is 3.03. The van der Waals surface area contributed by atoms with Gasteiger partial charge in [-0.3, -0.25) is 5.21 Å². The predicted molar refractivity (Wildman–Crippen MR) is 66.5 cm³/mol. The van der Waals surface area contributed by atoms with Crippen LogP contribution in [0.4, 0.5) is 5.69 Å². The SMILES string of the molecule is O=C(O)COc1ccc(N([O-])O)cc1-n1cccc1. The zero-order valence-corrected chi connectivity index (χ0v) is 9.76. The van der Waals surface area contributed by atoms with Crippen LogP contribution in [0, 0.1) is 5.21 Å². The van der Waals surface area contributed by atoms with Gasteiger partial charge in [-0.15, -0.1) is 0 Å². The van der Waals surface area contributed by atoms with Crippen LogP contribution < -0.4 is 9.96 Å². The molecule has 7 heteroatoms. The Kier molecular flexibility index (Phi) is 3.69. The highest BCUT2D eigenvalue weighted by Gasteiger charge is 2.09. The Morgan fingerprint density at radius 2 is 2.05 bits per heavy atom. The van der Waals surface area contributed by atoms with Crippen molar-refractivity contribution < 1.29 is 19.8 Å². The maximum absolute atomic E-state index is 10.9. The molecule has 0 bridgehead atoms. The summed E-state index contributed by atoms with van der Waals surface area (Å²) in [7, 11) is 0. The summed E-state index contributed by atoms with van der Waals surface area (Å²) in [6, 6.07) is 7.68. The number of aliphatic carboxylic acids is 1. The van der Waals surface area contributed by atoms with E-state index in [0.717, 1.165) is 0 Å². The number of ether oxygens (including phenoxy) is 1. The van der Waals surface area contributed by atoms with Crippen LogP contribution in [-0.2, 0) is 4.79 Å². The molecular formula is C12H11N2O5-. The smallest absolute Gasteiger partial charge is 0.341 e. The molecule has 0 radical (unpaired) electrons. The lowest BCUT2D eigenvalue weighted by Crippen LogP contribution is -2.12. The molecule has 0 spiro atoms. The van der Waals surface area contributed by atoms with Crippen molar-refractivity contribution in [2.75, 3.05) is 11.8 Å². The number of carboxylic acids is 1. The van der Waals surface area contributed by atoms with Crippen molar-refractivity contribution in [3.63, 3.8) is 0 Å². The van der Waals surface area contributed by atoms with Gasteiger partial charge in [0, 0.05) is 12.4 Å². The van der Waals surface area contributed by atoms with Crippen LogP contribution in [0.5, 0.6) is 5.75 Å². The minimum Gasteiger partial charge on any atom is -0.733 e. The van der Waals surface area contributed by atoms with Gasteiger partial charge in [0.05, 0.1) is 11.4 Å². The highest BCUT2D eigenvalue weighted by atomic mass is 16.8. The summed E-state index contributed by atoms with van der Waals surface area (Å²) in [5.74, 6) is -0.806. The summed E-state index contributed by atoms with van der Waals surface area (Å²) in [5.41, 5.74) is 0.477. The molecule has 2 aromatic rings. The first-order valence-electron chi connectivity index (χ1n) is 5.36. The summed E-state index contributed by atoms with van der Waals surface area (Å²) >= 11 is 0. The number of hydrogen-bond donors (Lipinski definition) is 2. The normalized spacial score (nSPS) is 10.2. The van der Waals surface area contributed by atoms with Crippen molar-refractivity contribution in [2.45, 2.75) is 0 Å². The Bertz CT molecular complexity index is 566. The first-order valence-corrected chi connectivity index (χ1v) is 5.36. The van der Waals surface area contributed by atoms with Gasteiger partial charge >= 0.3 is 5.97 Å². The first-order chi connectivity index (χ1) is 9.08. The molecule has 0 atom stereocenters. The average molecular weight is 263 g/mol. The molecule has 1 heterocycles. The van der Waals surface area contributed by atoms with Gasteiger partial charge in [0.2, 0.25) is 0 Å². The van der Waals surface area contributed by atoms with Gasteiger partial charge in [-0.25, -0.2) is 4.79 Å². The van der Waals surface area contributed by atoms with Gasteiger partial charge in [0.1, 0.15) is 5.75 Å². The molecular weight excluding hydrogens is 252 g/mol. The van der Waals surface area contributed by atoms with Gasteiger partial charge in [-0.1, -0.05) is 0 Å². The summed E-state index contributed by atoms with van der Waals surface area (Å²) in [5, 5.41) is 28.1. The number of benzene rings is 1. The van der Waals surface area contributed by atoms with E-state index in [4.69, 9.17) is 15.1 Å². The van der Waals surface area contributed by atoms with Gasteiger partial charge in [0.15, 0.2) is 6.61 Å². The van der Waals surface area contributed by atoms with E-state index in [1.807, 2.05) is 0 Å². The number of carboxylic acid groups (broad SMARTS) is 1. The topological polar surface area (TPSA) is 98.0 Å². The number of hydrogen-bond acceptors (Lipinski definition) is 5. The predicted octanol–water partition coefficient (Wildman–Crippen LogP) is 1.63. The number of aromatic nitrogens is 1. The Hall–Kier alpha value is -2.51. The molecule has 7 nitrogen and oxygen atoms in total. The maximum Gasteiger partial charge on any atom is 0.341 e. The summed E-state index contributed by atoms with van der Waals surface area (Å²) in [6.45, 7) is -0.492. The number of nitrogens with zero attached hydrogens (tertiary/aromatic N) is 2. The van der Waals surface area contributed by atoms with Crippen LogP contribution in [0.1, 0.15) is 0 Å². The Morgan fingerprint density at radius 3 is 2.63 bits per heavy atom. The molecule has 0 aliphatic heterocycles. The van der Waals surface area contributed by atoms with Crippen LogP contribution in [-0.4, -0.2) is 27.5 Å². The molecule has 19 heavy (non-hydrogen) atoms. The standard InChI is InChI=1S/C12H11N2O5/c15-12(16)8-19-11-4-3-9(14(17)18)7-10(11)13-5-1-2-6-13/h1-7,17H,8H2,(H,15,16)/q-1. The molecule has 2 N–H and O–H groups in total. The van der Waals surface area contributed by atoms with Gasteiger partial charge in [-0.2, -0.15) is 0 Å². The van der Waals surface area contributed by atoms with Crippen molar-refractivity contribution in [3.8, 4) is 11.4 Å². The molecule has 0 aliphatic carbocycles. The van der Waals surface area contributed by atoms with Crippen molar-refractivity contribution in [1.29, 1.82) is 0 Å². The Balaban J connectivity index is 2.39. The van der Waals surface area contributed by atoms with Gasteiger partial charge < -0.3 is 24.8 Å². The Labute approximate surface area is 108 Å². The maximum atomic E-state index is 10.9. The van der Waals surface area contributed by atoms with Crippen molar-refractivity contribution >= 4 is 11.7 Å². The van der Waals surface area contributed by atoms with E-state index < -0.39 is 12.6 Å². The van der Waals surface area contributed by atoms with Crippen molar-refractivity contribution in [1.82, 2.24) is 4.57 Å². The van der Waals surface area contributed by atoms with Crippen LogP contribution in [0.25, 0.3) is 5.69 Å². The van der Waals surface area contributed by atoms with E-state index in [9.17, 15) is 10.0 Å². The van der Waals surface area contributed by atoms with Crippen molar-refractivity contribution in [3.05, 3.63) is 47.9 Å². The molecule has 0 saturated heterocycles. The molecule has 0 fully saturated rings. The molecule has 0 unspecified atom stereocenters. The van der Waals surface area contributed by atoms with E-state index in [1.165, 1.54) is 18.2 Å². The van der Waals surface area contributed by atoms with E-state index in [-0.39, 0.29) is 10.9 Å². The highest BCUT2D eigenvalue weighted by Crippen LogP contribution is 2.28. The number of carbonyl (C=O) groups is 1. The van der Waals surface area contributed by atoms with E-state index >= 15 is 0 Å². The van der Waals surface area contributed by atoms with Crippen LogP contribution >= 0.6 is 0 Å². The molecule has 0 saturated carbocycles. The van der Waals surface area contributed by atoms with E-state index in [1.54, 1.807) is 29.1 Å². The second-order valence-electron chi connectivity index (χ2n) is 3.70. The monoisotopic (exact) mass is 263 g/mol. The second-order valence-corrected chi connectivity index (χ2v) is 3.70. The van der Waals surface area contributed by atoms with E-state index in [0.29, 0.717) is 11.4 Å². The summed E-state index contributed by atoms with van der Waals surface area (Å²) in [6.07, 6.45) is 3.42. The van der Waals surface area contributed by atoms with Crippen LogP contribution in [0.15, 0.2) is 42.7 Å². The molecule has 1 aromatic heterocycles. The lowest BCUT2D eigenvalue weighted by molar-refractivity contribution is -0.139. The lowest BCUT2D eigenvalue weighted by atomic mass is 10.2. The minimum atomic E-state index is -1.10. The third-order valence-corrected chi connectivity index (χ3v) is 2.40. The molecule has 2 rings (SSSR count). The number of rotatable bonds is 5. The molecule has 0 aliphatic rings. The number of anilines is 1. The zero-order chi connectivity index (χ0) is 13.8. The second kappa shape index (κ2) is 5.42. The average Bonchev–Trinajstić information content (AvgIpc) is 2.89. The zero-order valence-electron chi connectivity index (χ0n) is 9.76. The minimum absolute atomic E-state index is 0.0198. The summed E-state index contributed by atoms with van der Waals surface area (Å²) in [4.78, 5) is 10.5. The highest BCUT2D eigenvalue weighted by molar-refractivity contribution is 5.69. The molecule has 100 valence electrons. The van der Waals surface area contributed by atoms with Crippen LogP contribution in [0.2, 0.25) is 0 Å². The fraction of sp³-hybridized carbons (Fsp3) is 0.0833. The quantitative estimate of drug-likeness (QED) is 0.795. The lowest BCUT2D eigenvalue weighted by Gasteiger charge is -2.23. The molecule has 1 aromatic carbocycles. The fourth-order valence-electron chi connectivity index (χ4n) is 1.58.